The van der Waals surface area contributed by atoms with Gasteiger partial charge in [-0.3, -0.25) is 9.36 Å². The van der Waals surface area contributed by atoms with Gasteiger partial charge in [0.2, 0.25) is 0 Å². The Morgan fingerprint density at radius 2 is 1.83 bits per heavy atom. The topological polar surface area (TPSA) is 82.7 Å². The number of aromatic nitrogens is 2. The summed E-state index contributed by atoms with van der Waals surface area (Å²) in [5.41, 5.74) is -0.00788. The van der Waals surface area contributed by atoms with Crippen LogP contribution in [0.3, 0.4) is 0 Å². The summed E-state index contributed by atoms with van der Waals surface area (Å²) in [6.45, 7) is 0.0899. The number of pyridine rings is 1. The van der Waals surface area contributed by atoms with Gasteiger partial charge in [-0.1, -0.05) is 6.92 Å². The standard InChI is InChI=1S/C20H19F3N2O5/c1-4-11-9-14-15(18(26)25(11)12-5-7-13(29-3)8-6-12)17(30-10-20(21,22)23)16(19(27)28)24(14)2/h5-9H,4,10H2,1-3H3,(H,27,28). The predicted octanol–water partition coefficient (Wildman–Crippen LogP) is 3.54. The maximum Gasteiger partial charge on any atom is 0.422 e. The Bertz CT molecular complexity index is 1160. The molecule has 160 valence electrons. The highest BCUT2D eigenvalue weighted by molar-refractivity contribution is 6.00. The van der Waals surface area contributed by atoms with Gasteiger partial charge in [-0.25, -0.2) is 4.79 Å². The fourth-order valence-electron chi connectivity index (χ4n) is 3.33. The molecule has 1 aromatic carbocycles. The molecule has 0 amide bonds. The molecule has 3 rings (SSSR count). The van der Waals surface area contributed by atoms with Crippen molar-refractivity contribution < 1.29 is 32.5 Å². The molecule has 30 heavy (non-hydrogen) atoms. The summed E-state index contributed by atoms with van der Waals surface area (Å²) in [4.78, 5) is 25.1. The molecule has 0 bridgehead atoms. The van der Waals surface area contributed by atoms with E-state index in [2.05, 4.69) is 0 Å². The Morgan fingerprint density at radius 3 is 2.33 bits per heavy atom. The van der Waals surface area contributed by atoms with Crippen LogP contribution >= 0.6 is 0 Å². The third-order valence-corrected chi connectivity index (χ3v) is 4.68. The SMILES string of the molecule is CCc1cc2c(c(OCC(F)(F)F)c(C(=O)O)n2C)c(=O)n1-c1ccc(OC)cc1. The normalized spacial score (nSPS) is 11.7. The number of rotatable bonds is 6. The van der Waals surface area contributed by atoms with Gasteiger partial charge in [-0.2, -0.15) is 13.2 Å². The summed E-state index contributed by atoms with van der Waals surface area (Å²) in [6.07, 6.45) is -4.28. The molecular formula is C20H19F3N2O5. The van der Waals surface area contributed by atoms with Crippen LogP contribution in [0.1, 0.15) is 23.1 Å². The van der Waals surface area contributed by atoms with Crippen molar-refractivity contribution in [2.75, 3.05) is 13.7 Å². The summed E-state index contributed by atoms with van der Waals surface area (Å²) in [5, 5.41) is 9.30. The molecule has 0 saturated carbocycles. The van der Waals surface area contributed by atoms with Crippen molar-refractivity contribution in [1.82, 2.24) is 9.13 Å². The zero-order valence-corrected chi connectivity index (χ0v) is 16.4. The van der Waals surface area contributed by atoms with Gasteiger partial charge in [0.25, 0.3) is 5.56 Å². The van der Waals surface area contributed by atoms with E-state index in [9.17, 15) is 27.9 Å². The molecule has 7 nitrogen and oxygen atoms in total. The first kappa shape index (κ1) is 21.3. The predicted molar refractivity (Wildman–Crippen MR) is 103 cm³/mol. The summed E-state index contributed by atoms with van der Waals surface area (Å²) in [7, 11) is 2.86. The summed E-state index contributed by atoms with van der Waals surface area (Å²) >= 11 is 0. The molecule has 2 heterocycles. The first-order valence-electron chi connectivity index (χ1n) is 8.93. The second kappa shape index (κ2) is 7.77. The van der Waals surface area contributed by atoms with E-state index < -0.39 is 35.8 Å². The number of benzene rings is 1. The molecule has 0 aliphatic rings. The number of hydrogen-bond acceptors (Lipinski definition) is 4. The molecular weight excluding hydrogens is 405 g/mol. The lowest BCUT2D eigenvalue weighted by molar-refractivity contribution is -0.153. The first-order valence-corrected chi connectivity index (χ1v) is 8.93. The van der Waals surface area contributed by atoms with E-state index in [4.69, 9.17) is 9.47 Å². The molecule has 0 saturated heterocycles. The molecule has 0 aliphatic carbocycles. The number of aromatic carboxylic acids is 1. The zero-order chi connectivity index (χ0) is 22.2. The van der Waals surface area contributed by atoms with Crippen molar-refractivity contribution in [2.45, 2.75) is 19.5 Å². The van der Waals surface area contributed by atoms with Crippen molar-refractivity contribution >= 4 is 16.9 Å². The van der Waals surface area contributed by atoms with E-state index >= 15 is 0 Å². The average Bonchev–Trinajstić information content (AvgIpc) is 2.98. The van der Waals surface area contributed by atoms with Gasteiger partial charge in [-0.15, -0.1) is 0 Å². The van der Waals surface area contributed by atoms with Gasteiger partial charge in [0.05, 0.1) is 12.6 Å². The number of carboxylic acids is 1. The number of aryl methyl sites for hydroxylation is 2. The van der Waals surface area contributed by atoms with Crippen molar-refractivity contribution in [3.8, 4) is 17.2 Å². The minimum absolute atomic E-state index is 0.177. The fourth-order valence-corrected chi connectivity index (χ4v) is 3.33. The Balaban J connectivity index is 2.35. The van der Waals surface area contributed by atoms with Crippen LogP contribution in [-0.4, -0.2) is 40.1 Å². The fraction of sp³-hybridized carbons (Fsp3) is 0.300. The lowest BCUT2D eigenvalue weighted by Crippen LogP contribution is -2.23. The maximum absolute atomic E-state index is 13.4. The van der Waals surface area contributed by atoms with Gasteiger partial charge in [-0.05, 0) is 36.8 Å². The van der Waals surface area contributed by atoms with Crippen LogP contribution in [0.4, 0.5) is 13.2 Å². The summed E-state index contributed by atoms with van der Waals surface area (Å²) in [5.74, 6) is -1.54. The smallest absolute Gasteiger partial charge is 0.422 e. The van der Waals surface area contributed by atoms with E-state index in [1.807, 2.05) is 6.92 Å². The zero-order valence-electron chi connectivity index (χ0n) is 16.4. The van der Waals surface area contributed by atoms with Crippen molar-refractivity contribution in [2.24, 2.45) is 7.05 Å². The number of hydrogen-bond donors (Lipinski definition) is 1. The van der Waals surface area contributed by atoms with Crippen LogP contribution in [0.2, 0.25) is 0 Å². The van der Waals surface area contributed by atoms with Crippen molar-refractivity contribution in [3.63, 3.8) is 0 Å². The van der Waals surface area contributed by atoms with E-state index in [1.165, 1.54) is 18.7 Å². The second-order valence-corrected chi connectivity index (χ2v) is 6.53. The average molecular weight is 424 g/mol. The molecule has 3 aromatic rings. The molecule has 2 aromatic heterocycles. The van der Waals surface area contributed by atoms with Crippen molar-refractivity contribution in [1.29, 1.82) is 0 Å². The van der Waals surface area contributed by atoms with Gasteiger partial charge >= 0.3 is 12.1 Å². The van der Waals surface area contributed by atoms with Gasteiger partial charge < -0.3 is 19.1 Å². The first-order chi connectivity index (χ1) is 14.1. The highest BCUT2D eigenvalue weighted by atomic mass is 19.4. The van der Waals surface area contributed by atoms with Crippen LogP contribution in [0.5, 0.6) is 11.5 Å². The Morgan fingerprint density at radius 1 is 1.20 bits per heavy atom. The van der Waals surface area contributed by atoms with E-state index in [0.717, 1.165) is 4.57 Å². The molecule has 0 spiro atoms. The molecule has 0 atom stereocenters. The number of alkyl halides is 3. The monoisotopic (exact) mass is 424 g/mol. The van der Waals surface area contributed by atoms with E-state index in [-0.39, 0.29) is 10.9 Å². The summed E-state index contributed by atoms with van der Waals surface area (Å²) < 4.78 is 50.6. The lowest BCUT2D eigenvalue weighted by atomic mass is 10.2. The highest BCUT2D eigenvalue weighted by Crippen LogP contribution is 2.33. The number of carbonyl (C=O) groups is 1. The Labute approximate surface area is 168 Å². The number of ether oxygens (including phenoxy) is 2. The highest BCUT2D eigenvalue weighted by Gasteiger charge is 2.32. The Hall–Kier alpha value is -3.43. The van der Waals surface area contributed by atoms with Crippen LogP contribution in [0.25, 0.3) is 16.6 Å². The van der Waals surface area contributed by atoms with Gasteiger partial charge in [0.1, 0.15) is 11.1 Å². The third-order valence-electron chi connectivity index (χ3n) is 4.68. The van der Waals surface area contributed by atoms with Crippen LogP contribution < -0.4 is 15.0 Å². The molecule has 1 N–H and O–H groups in total. The number of nitrogens with zero attached hydrogens (tertiary/aromatic N) is 2. The summed E-state index contributed by atoms with van der Waals surface area (Å²) in [6, 6.07) is 8.11. The molecule has 0 unspecified atom stereocenters. The van der Waals surface area contributed by atoms with E-state index in [1.54, 1.807) is 30.3 Å². The van der Waals surface area contributed by atoms with Crippen LogP contribution in [0.15, 0.2) is 35.1 Å². The number of carboxylic acid groups (broad SMARTS) is 1. The lowest BCUT2D eigenvalue weighted by Gasteiger charge is -2.14. The largest absolute Gasteiger partial charge is 0.497 e. The van der Waals surface area contributed by atoms with Gasteiger partial charge in [0, 0.05) is 18.4 Å². The Kier molecular flexibility index (Phi) is 5.51. The van der Waals surface area contributed by atoms with Crippen molar-refractivity contribution in [3.05, 3.63) is 52.1 Å². The van der Waals surface area contributed by atoms with Crippen LogP contribution in [0, 0.1) is 0 Å². The van der Waals surface area contributed by atoms with Gasteiger partial charge in [0.15, 0.2) is 18.1 Å². The maximum atomic E-state index is 13.4. The minimum atomic E-state index is -4.70. The quantitative estimate of drug-likeness (QED) is 0.655. The third kappa shape index (κ3) is 3.72. The second-order valence-electron chi connectivity index (χ2n) is 6.53. The van der Waals surface area contributed by atoms with Crippen LogP contribution in [-0.2, 0) is 13.5 Å². The number of methoxy groups -OCH3 is 1. The molecule has 10 heteroatoms. The van der Waals surface area contributed by atoms with E-state index in [0.29, 0.717) is 23.6 Å². The molecule has 0 fully saturated rings. The minimum Gasteiger partial charge on any atom is -0.497 e. The number of halogens is 3. The number of fused-ring (bicyclic) bond motifs is 1. The molecule has 0 radical (unpaired) electrons. The molecule has 0 aliphatic heterocycles.